The number of fused-ring (bicyclic) bond motifs is 1. The van der Waals surface area contributed by atoms with Crippen LogP contribution in [0, 0.1) is 23.4 Å². The van der Waals surface area contributed by atoms with Gasteiger partial charge in [-0.25, -0.2) is 13.2 Å². The maximum atomic E-state index is 14.5. The Morgan fingerprint density at radius 2 is 1.81 bits per heavy atom. The zero-order valence-corrected chi connectivity index (χ0v) is 16.9. The number of likely N-dealkylation sites (tertiary alicyclic amines) is 1. The number of benzene rings is 2. The first-order chi connectivity index (χ1) is 14.9. The second-order valence-electron chi connectivity index (χ2n) is 8.68. The van der Waals surface area contributed by atoms with Crippen LogP contribution in [-0.2, 0) is 4.79 Å². The molecule has 162 valence electrons. The highest BCUT2D eigenvalue weighted by Gasteiger charge is 2.40. The number of hydrogen-bond acceptors (Lipinski definition) is 2. The third-order valence-corrected chi connectivity index (χ3v) is 6.60. The first-order valence-corrected chi connectivity index (χ1v) is 10.6. The van der Waals surface area contributed by atoms with Crippen molar-refractivity contribution >= 4 is 16.8 Å². The van der Waals surface area contributed by atoms with E-state index in [0.717, 1.165) is 18.1 Å². The molecule has 1 aromatic heterocycles. The number of β-amino-alcohol motifs (C(OH)–C–C–N with tert-alkyl or cyclic N) is 1. The van der Waals surface area contributed by atoms with Gasteiger partial charge in [0.05, 0.1) is 17.3 Å². The fourth-order valence-corrected chi connectivity index (χ4v) is 4.98. The lowest BCUT2D eigenvalue weighted by atomic mass is 9.69. The van der Waals surface area contributed by atoms with Gasteiger partial charge in [-0.1, -0.05) is 0 Å². The van der Waals surface area contributed by atoms with Gasteiger partial charge in [0, 0.05) is 30.5 Å². The number of halogens is 3. The Bertz CT molecular complexity index is 1140. The van der Waals surface area contributed by atoms with E-state index in [0.29, 0.717) is 49.0 Å². The summed E-state index contributed by atoms with van der Waals surface area (Å²) >= 11 is 0. The van der Waals surface area contributed by atoms with E-state index in [-0.39, 0.29) is 29.1 Å². The predicted octanol–water partition coefficient (Wildman–Crippen LogP) is 4.73. The summed E-state index contributed by atoms with van der Waals surface area (Å²) in [6, 6.07) is 8.02. The minimum absolute atomic E-state index is 0.0375. The molecule has 0 bridgehead atoms. The Morgan fingerprint density at radius 3 is 2.52 bits per heavy atom. The van der Waals surface area contributed by atoms with E-state index in [2.05, 4.69) is 4.98 Å². The van der Waals surface area contributed by atoms with Crippen LogP contribution in [0.2, 0.25) is 0 Å². The number of aliphatic hydroxyl groups excluding tert-OH is 1. The number of carbonyl (C=O) groups is 1. The number of aliphatic hydroxyl groups is 1. The van der Waals surface area contributed by atoms with E-state index in [9.17, 15) is 23.1 Å². The molecule has 0 radical (unpaired) electrons. The van der Waals surface area contributed by atoms with Gasteiger partial charge < -0.3 is 15.0 Å². The van der Waals surface area contributed by atoms with Gasteiger partial charge in [-0.15, -0.1) is 0 Å². The van der Waals surface area contributed by atoms with Crippen molar-refractivity contribution in [3.05, 3.63) is 59.4 Å². The lowest BCUT2D eigenvalue weighted by Gasteiger charge is -2.40. The third-order valence-electron chi connectivity index (χ3n) is 6.60. The topological polar surface area (TPSA) is 56.3 Å². The molecule has 2 fully saturated rings. The Morgan fingerprint density at radius 1 is 1.06 bits per heavy atom. The number of nitrogens with one attached hydrogen (secondary N) is 1. The van der Waals surface area contributed by atoms with Crippen molar-refractivity contribution in [1.29, 1.82) is 0 Å². The first-order valence-electron chi connectivity index (χ1n) is 10.6. The van der Waals surface area contributed by atoms with Crippen LogP contribution in [0.15, 0.2) is 36.4 Å². The van der Waals surface area contributed by atoms with Gasteiger partial charge in [-0.3, -0.25) is 4.79 Å². The summed E-state index contributed by atoms with van der Waals surface area (Å²) in [4.78, 5) is 17.6. The normalized spacial score (nSPS) is 23.7. The highest BCUT2D eigenvalue weighted by Crippen LogP contribution is 2.49. The van der Waals surface area contributed by atoms with Crippen molar-refractivity contribution in [3.63, 3.8) is 0 Å². The van der Waals surface area contributed by atoms with Crippen LogP contribution in [0.1, 0.15) is 37.2 Å². The molecule has 1 aliphatic heterocycles. The van der Waals surface area contributed by atoms with E-state index in [1.807, 2.05) is 0 Å². The number of H-pyrrole nitrogens is 1. The molecule has 5 rings (SSSR count). The van der Waals surface area contributed by atoms with E-state index in [1.165, 1.54) is 18.2 Å². The van der Waals surface area contributed by atoms with Crippen LogP contribution in [0.5, 0.6) is 0 Å². The molecule has 2 N–H and O–H groups in total. The molecule has 1 saturated carbocycles. The Labute approximate surface area is 177 Å². The van der Waals surface area contributed by atoms with Crippen LogP contribution in [-0.4, -0.2) is 40.1 Å². The van der Waals surface area contributed by atoms with Crippen molar-refractivity contribution in [1.82, 2.24) is 9.88 Å². The SMILES string of the molecule is O=C([C@H]1C[C@H](c2c(-c3ccc(F)cc3)[nH]c3c(F)cc(F)cc32)C1)N1CCC[C@@H](O)C1. The van der Waals surface area contributed by atoms with Crippen molar-refractivity contribution in [2.24, 2.45) is 5.92 Å². The van der Waals surface area contributed by atoms with E-state index in [1.54, 1.807) is 17.0 Å². The van der Waals surface area contributed by atoms with Crippen molar-refractivity contribution in [3.8, 4) is 11.3 Å². The number of nitrogens with zero attached hydrogens (tertiary/aromatic N) is 1. The van der Waals surface area contributed by atoms with Crippen LogP contribution in [0.3, 0.4) is 0 Å². The minimum Gasteiger partial charge on any atom is -0.391 e. The number of hydrogen-bond donors (Lipinski definition) is 2. The van der Waals surface area contributed by atoms with Crippen molar-refractivity contribution in [2.45, 2.75) is 37.7 Å². The monoisotopic (exact) mass is 428 g/mol. The molecule has 0 unspecified atom stereocenters. The zero-order chi connectivity index (χ0) is 21.7. The fraction of sp³-hybridized carbons (Fsp3) is 0.375. The summed E-state index contributed by atoms with van der Waals surface area (Å²) in [5, 5.41) is 10.3. The highest BCUT2D eigenvalue weighted by atomic mass is 19.1. The van der Waals surface area contributed by atoms with Crippen LogP contribution >= 0.6 is 0 Å². The summed E-state index contributed by atoms with van der Waals surface area (Å²) < 4.78 is 41.9. The number of aromatic nitrogens is 1. The second-order valence-corrected chi connectivity index (χ2v) is 8.68. The molecule has 0 spiro atoms. The maximum absolute atomic E-state index is 14.5. The summed E-state index contributed by atoms with van der Waals surface area (Å²) in [6.07, 6.45) is 2.18. The Balaban J connectivity index is 1.47. The Kier molecular flexibility index (Phi) is 5.01. The average molecular weight is 428 g/mol. The first kappa shape index (κ1) is 20.1. The van der Waals surface area contributed by atoms with Gasteiger partial charge in [-0.05, 0) is 73.1 Å². The molecule has 1 atom stereocenters. The lowest BCUT2D eigenvalue weighted by Crippen LogP contribution is -2.47. The number of carbonyl (C=O) groups excluding carboxylic acids is 1. The molecule has 31 heavy (non-hydrogen) atoms. The molecular weight excluding hydrogens is 405 g/mol. The number of amides is 1. The van der Waals surface area contributed by atoms with Crippen molar-refractivity contribution < 1.29 is 23.1 Å². The van der Waals surface area contributed by atoms with Crippen LogP contribution in [0.4, 0.5) is 13.2 Å². The second kappa shape index (κ2) is 7.71. The highest BCUT2D eigenvalue weighted by molar-refractivity contribution is 5.92. The summed E-state index contributed by atoms with van der Waals surface area (Å²) in [6.45, 7) is 1.02. The standard InChI is InChI=1S/C24H23F3N2O2/c25-16-5-3-13(4-6-16)22-21(19-10-17(26)11-20(27)23(19)28-22)14-8-15(9-14)24(31)29-7-1-2-18(30)12-29/h3-6,10-11,14-15,18,28,30H,1-2,7-9,12H2/t14-,15-,18-/m1/s1. The van der Waals surface area contributed by atoms with Gasteiger partial charge >= 0.3 is 0 Å². The lowest BCUT2D eigenvalue weighted by molar-refractivity contribution is -0.141. The summed E-state index contributed by atoms with van der Waals surface area (Å²) in [7, 11) is 0. The summed E-state index contributed by atoms with van der Waals surface area (Å²) in [5.74, 6) is -1.89. The minimum atomic E-state index is -0.682. The number of aromatic amines is 1. The Hall–Kier alpha value is -2.80. The van der Waals surface area contributed by atoms with Gasteiger partial charge in [-0.2, -0.15) is 0 Å². The molecule has 7 heteroatoms. The van der Waals surface area contributed by atoms with Crippen LogP contribution < -0.4 is 0 Å². The van der Waals surface area contributed by atoms with Gasteiger partial charge in [0.1, 0.15) is 17.5 Å². The van der Waals surface area contributed by atoms with Crippen molar-refractivity contribution in [2.75, 3.05) is 13.1 Å². The van der Waals surface area contributed by atoms with Gasteiger partial charge in [0.15, 0.2) is 0 Å². The molecule has 1 aliphatic carbocycles. The van der Waals surface area contributed by atoms with E-state index in [4.69, 9.17) is 0 Å². The molecule has 2 aromatic carbocycles. The molecule has 1 saturated heterocycles. The molecule has 4 nitrogen and oxygen atoms in total. The molecule has 1 amide bonds. The fourth-order valence-electron chi connectivity index (χ4n) is 4.98. The molecular formula is C24H23F3N2O2. The van der Waals surface area contributed by atoms with Crippen LogP contribution in [0.25, 0.3) is 22.2 Å². The largest absolute Gasteiger partial charge is 0.391 e. The average Bonchev–Trinajstić information content (AvgIpc) is 3.07. The summed E-state index contributed by atoms with van der Waals surface area (Å²) in [5.41, 5.74) is 2.29. The third kappa shape index (κ3) is 3.61. The molecule has 2 aliphatic rings. The van der Waals surface area contributed by atoms with E-state index < -0.39 is 17.7 Å². The maximum Gasteiger partial charge on any atom is 0.225 e. The quantitative estimate of drug-likeness (QED) is 0.634. The van der Waals surface area contributed by atoms with Gasteiger partial charge in [0.2, 0.25) is 5.91 Å². The predicted molar refractivity (Wildman–Crippen MR) is 111 cm³/mol. The van der Waals surface area contributed by atoms with Gasteiger partial charge in [0.25, 0.3) is 0 Å². The number of rotatable bonds is 3. The zero-order valence-electron chi connectivity index (χ0n) is 16.9. The van der Waals surface area contributed by atoms with E-state index >= 15 is 0 Å². The number of piperidine rings is 1. The smallest absolute Gasteiger partial charge is 0.225 e. The molecule has 2 heterocycles. The molecule has 3 aromatic rings.